The quantitative estimate of drug-likeness (QED) is 0.781. The van der Waals surface area contributed by atoms with Crippen LogP contribution in [0.15, 0.2) is 29.1 Å². The van der Waals surface area contributed by atoms with Gasteiger partial charge in [-0.2, -0.15) is 0 Å². The van der Waals surface area contributed by atoms with E-state index in [0.717, 1.165) is 12.8 Å². The summed E-state index contributed by atoms with van der Waals surface area (Å²) in [5, 5.41) is 0.564. The number of para-hydroxylation sites is 1. The molecule has 2 aromatic rings. The number of esters is 1. The molecule has 1 saturated heterocycles. The molecular weight excluding hydrogens is 370 g/mol. The molecule has 1 aliphatic rings. The number of aryl methyl sites for hydroxylation is 1. The lowest BCUT2D eigenvalue weighted by molar-refractivity contribution is -0.162. The summed E-state index contributed by atoms with van der Waals surface area (Å²) in [5.41, 5.74) is -0.0189. The van der Waals surface area contributed by atoms with Gasteiger partial charge in [-0.1, -0.05) is 12.1 Å². The Kier molecular flexibility index (Phi) is 6.35. The number of ether oxygens (including phenoxy) is 1. The van der Waals surface area contributed by atoms with Gasteiger partial charge in [0.25, 0.3) is 5.56 Å². The lowest BCUT2D eigenvalue weighted by Crippen LogP contribution is -2.44. The normalized spacial score (nSPS) is 17.3. The van der Waals surface area contributed by atoms with Crippen molar-refractivity contribution in [1.29, 1.82) is 0 Å². The maximum absolute atomic E-state index is 12.6. The van der Waals surface area contributed by atoms with Gasteiger partial charge in [0.15, 0.2) is 0 Å². The van der Waals surface area contributed by atoms with E-state index >= 15 is 0 Å². The third-order valence-corrected chi connectivity index (χ3v) is 4.98. The van der Waals surface area contributed by atoms with Crippen molar-refractivity contribution in [2.24, 2.45) is 5.92 Å². The van der Waals surface area contributed by atoms with Crippen molar-refractivity contribution in [3.8, 4) is 0 Å². The van der Waals surface area contributed by atoms with E-state index in [1.165, 1.54) is 0 Å². The topological polar surface area (TPSA) is 92.4 Å². The number of rotatable bonds is 5. The largest absolute Gasteiger partial charge is 0.460 e. The molecule has 1 amide bonds. The number of fused-ring (bicyclic) bond motifs is 1. The highest BCUT2D eigenvalue weighted by Crippen LogP contribution is 2.21. The Balaban J connectivity index is 1.53. The van der Waals surface area contributed by atoms with Crippen molar-refractivity contribution in [2.45, 2.75) is 58.5 Å². The zero-order valence-electron chi connectivity index (χ0n) is 17.4. The fourth-order valence-corrected chi connectivity index (χ4v) is 3.60. The molecule has 1 N–H and O–H groups in total. The van der Waals surface area contributed by atoms with Gasteiger partial charge >= 0.3 is 5.97 Å². The Bertz CT molecular complexity index is 945. The van der Waals surface area contributed by atoms with Crippen molar-refractivity contribution in [1.82, 2.24) is 14.9 Å². The number of aromatic nitrogens is 2. The van der Waals surface area contributed by atoms with E-state index in [2.05, 4.69) is 9.97 Å². The zero-order valence-corrected chi connectivity index (χ0v) is 17.4. The zero-order chi connectivity index (χ0) is 21.0. The predicted molar refractivity (Wildman–Crippen MR) is 110 cm³/mol. The van der Waals surface area contributed by atoms with Crippen molar-refractivity contribution in [2.75, 3.05) is 13.1 Å². The van der Waals surface area contributed by atoms with Gasteiger partial charge in [0.05, 0.1) is 16.8 Å². The molecule has 1 atom stereocenters. The highest BCUT2D eigenvalue weighted by Gasteiger charge is 2.31. The van der Waals surface area contributed by atoms with Gasteiger partial charge in [-0.25, -0.2) is 4.98 Å². The lowest BCUT2D eigenvalue weighted by Gasteiger charge is -2.33. The molecule has 29 heavy (non-hydrogen) atoms. The van der Waals surface area contributed by atoms with Crippen LogP contribution in [0.3, 0.4) is 0 Å². The molecule has 0 saturated carbocycles. The second-order valence-electron chi connectivity index (χ2n) is 8.60. The van der Waals surface area contributed by atoms with Gasteiger partial charge in [0, 0.05) is 25.9 Å². The molecule has 1 fully saturated rings. The summed E-state index contributed by atoms with van der Waals surface area (Å²) in [7, 11) is 0. The number of benzene rings is 1. The molecule has 0 unspecified atom stereocenters. The summed E-state index contributed by atoms with van der Waals surface area (Å²) in [5.74, 6) is 0.131. The Morgan fingerprint density at radius 1 is 1.28 bits per heavy atom. The van der Waals surface area contributed by atoms with Crippen LogP contribution in [-0.2, 0) is 20.7 Å². The van der Waals surface area contributed by atoms with E-state index in [1.54, 1.807) is 17.0 Å². The third-order valence-electron chi connectivity index (χ3n) is 4.98. The summed E-state index contributed by atoms with van der Waals surface area (Å²) < 4.78 is 5.47. The molecule has 1 aliphatic heterocycles. The Morgan fingerprint density at radius 3 is 2.79 bits per heavy atom. The second-order valence-corrected chi connectivity index (χ2v) is 8.60. The van der Waals surface area contributed by atoms with Crippen LogP contribution >= 0.6 is 0 Å². The average molecular weight is 399 g/mol. The van der Waals surface area contributed by atoms with Crippen LogP contribution in [-0.4, -0.2) is 45.4 Å². The van der Waals surface area contributed by atoms with Crippen LogP contribution in [0.4, 0.5) is 0 Å². The Hall–Kier alpha value is -2.70. The maximum atomic E-state index is 12.6. The number of carbonyl (C=O) groups excluding carboxylic acids is 2. The van der Waals surface area contributed by atoms with E-state index in [4.69, 9.17) is 4.74 Å². The summed E-state index contributed by atoms with van der Waals surface area (Å²) in [6, 6.07) is 7.20. The summed E-state index contributed by atoms with van der Waals surface area (Å²) in [6.45, 7) is 6.63. The fraction of sp³-hybridized carbons (Fsp3) is 0.545. The smallest absolute Gasteiger partial charge is 0.311 e. The molecule has 7 heteroatoms. The first-order chi connectivity index (χ1) is 13.7. The van der Waals surface area contributed by atoms with E-state index in [9.17, 15) is 14.4 Å². The highest BCUT2D eigenvalue weighted by molar-refractivity contribution is 5.79. The number of hydrogen-bond donors (Lipinski definition) is 1. The molecular formula is C22H29N3O4. The number of likely N-dealkylation sites (tertiary alicyclic amines) is 1. The molecule has 1 aromatic carbocycles. The minimum Gasteiger partial charge on any atom is -0.460 e. The van der Waals surface area contributed by atoms with Crippen LogP contribution < -0.4 is 5.56 Å². The van der Waals surface area contributed by atoms with Crippen LogP contribution in [0.1, 0.15) is 52.3 Å². The monoisotopic (exact) mass is 399 g/mol. The van der Waals surface area contributed by atoms with E-state index < -0.39 is 5.60 Å². The molecule has 7 nitrogen and oxygen atoms in total. The fourth-order valence-electron chi connectivity index (χ4n) is 3.60. The molecule has 0 aliphatic carbocycles. The maximum Gasteiger partial charge on any atom is 0.311 e. The van der Waals surface area contributed by atoms with Crippen LogP contribution in [0, 0.1) is 5.92 Å². The third kappa shape index (κ3) is 5.65. The van der Waals surface area contributed by atoms with Crippen molar-refractivity contribution in [3.05, 3.63) is 40.4 Å². The molecule has 0 bridgehead atoms. The van der Waals surface area contributed by atoms with Crippen LogP contribution in [0.5, 0.6) is 0 Å². The number of carbonyl (C=O) groups is 2. The lowest BCUT2D eigenvalue weighted by atomic mass is 9.97. The van der Waals surface area contributed by atoms with Crippen molar-refractivity contribution >= 4 is 22.8 Å². The Labute approximate surface area is 170 Å². The predicted octanol–water partition coefficient (Wildman–Crippen LogP) is 2.83. The molecule has 3 rings (SSSR count). The summed E-state index contributed by atoms with van der Waals surface area (Å²) in [4.78, 5) is 46.1. The summed E-state index contributed by atoms with van der Waals surface area (Å²) in [6.07, 6.45) is 3.02. The number of piperidine rings is 1. The number of H-pyrrole nitrogens is 1. The molecule has 0 radical (unpaired) electrons. The van der Waals surface area contributed by atoms with Gasteiger partial charge in [0.1, 0.15) is 11.4 Å². The van der Waals surface area contributed by atoms with Crippen molar-refractivity contribution in [3.63, 3.8) is 0 Å². The van der Waals surface area contributed by atoms with Crippen molar-refractivity contribution < 1.29 is 14.3 Å². The molecule has 2 heterocycles. The number of amides is 1. The summed E-state index contributed by atoms with van der Waals surface area (Å²) >= 11 is 0. The van der Waals surface area contributed by atoms with E-state index in [0.29, 0.717) is 49.1 Å². The first-order valence-corrected chi connectivity index (χ1v) is 10.2. The van der Waals surface area contributed by atoms with E-state index in [-0.39, 0.29) is 23.4 Å². The van der Waals surface area contributed by atoms with Crippen LogP contribution in [0.2, 0.25) is 0 Å². The van der Waals surface area contributed by atoms with Crippen LogP contribution in [0.25, 0.3) is 10.9 Å². The Morgan fingerprint density at radius 2 is 2.03 bits per heavy atom. The van der Waals surface area contributed by atoms with E-state index in [1.807, 2.05) is 32.9 Å². The van der Waals surface area contributed by atoms with Gasteiger partial charge < -0.3 is 14.6 Å². The van der Waals surface area contributed by atoms with Gasteiger partial charge in [-0.15, -0.1) is 0 Å². The number of hydrogen-bond acceptors (Lipinski definition) is 5. The molecule has 156 valence electrons. The first-order valence-electron chi connectivity index (χ1n) is 10.2. The SMILES string of the molecule is CC(C)(C)OC(=O)[C@@H]1CCCN(C(=O)CCCc2nc3ccccc3c(=O)[nH]2)C1. The molecule has 1 aromatic heterocycles. The number of nitrogens with one attached hydrogen (secondary N) is 1. The van der Waals surface area contributed by atoms with Gasteiger partial charge in [0.2, 0.25) is 5.91 Å². The number of nitrogens with zero attached hydrogens (tertiary/aromatic N) is 2. The standard InChI is InChI=1S/C22H29N3O4/c1-22(2,3)29-21(28)15-8-7-13-25(14-15)19(26)12-6-11-18-23-17-10-5-4-9-16(17)20(27)24-18/h4-5,9-10,15H,6-8,11-14H2,1-3H3,(H,23,24,27)/t15-/m1/s1. The first kappa shape index (κ1) is 21.0. The molecule has 0 spiro atoms. The highest BCUT2D eigenvalue weighted by atomic mass is 16.6. The van der Waals surface area contributed by atoms with Gasteiger partial charge in [-0.3, -0.25) is 14.4 Å². The minimum atomic E-state index is -0.521. The minimum absolute atomic E-state index is 0.0291. The van der Waals surface area contributed by atoms with Gasteiger partial charge in [-0.05, 0) is 52.2 Å². The second kappa shape index (κ2) is 8.76. The number of aromatic amines is 1. The average Bonchev–Trinajstić information content (AvgIpc) is 2.67.